The molecule has 0 aromatic carbocycles. The standard InChI is InChI=1S/C11H16N2O/c1-3-4-5-6-7-11(14)10-8-9-12-13(10)2/h6-9H,3-5H2,1-2H3/b7-6+. The molecule has 0 fully saturated rings. The fourth-order valence-electron chi connectivity index (χ4n) is 1.21. The zero-order valence-electron chi connectivity index (χ0n) is 8.73. The van der Waals surface area contributed by atoms with Crippen molar-refractivity contribution in [2.75, 3.05) is 0 Å². The van der Waals surface area contributed by atoms with Crippen molar-refractivity contribution >= 4 is 5.78 Å². The monoisotopic (exact) mass is 192 g/mol. The van der Waals surface area contributed by atoms with Gasteiger partial charge in [0.25, 0.3) is 0 Å². The quantitative estimate of drug-likeness (QED) is 0.408. The molecule has 14 heavy (non-hydrogen) atoms. The minimum Gasteiger partial charge on any atom is -0.288 e. The molecule has 0 radical (unpaired) electrons. The van der Waals surface area contributed by atoms with Gasteiger partial charge in [-0.2, -0.15) is 5.10 Å². The molecule has 1 heterocycles. The van der Waals surface area contributed by atoms with Crippen molar-refractivity contribution in [2.24, 2.45) is 7.05 Å². The molecule has 0 bridgehead atoms. The van der Waals surface area contributed by atoms with Crippen molar-refractivity contribution in [3.8, 4) is 0 Å². The number of unbranched alkanes of at least 4 members (excludes halogenated alkanes) is 2. The van der Waals surface area contributed by atoms with E-state index in [1.807, 2.05) is 6.08 Å². The number of rotatable bonds is 5. The highest BCUT2D eigenvalue weighted by atomic mass is 16.1. The normalized spacial score (nSPS) is 11.0. The van der Waals surface area contributed by atoms with E-state index in [1.165, 1.54) is 0 Å². The van der Waals surface area contributed by atoms with E-state index < -0.39 is 0 Å². The van der Waals surface area contributed by atoms with Crippen molar-refractivity contribution in [3.63, 3.8) is 0 Å². The highest BCUT2D eigenvalue weighted by molar-refractivity contribution is 6.03. The van der Waals surface area contributed by atoms with E-state index >= 15 is 0 Å². The summed E-state index contributed by atoms with van der Waals surface area (Å²) < 4.78 is 1.59. The Morgan fingerprint density at radius 1 is 1.64 bits per heavy atom. The van der Waals surface area contributed by atoms with Gasteiger partial charge in [0, 0.05) is 13.2 Å². The Hall–Kier alpha value is -1.38. The predicted octanol–water partition coefficient (Wildman–Crippen LogP) is 2.35. The molecule has 0 aliphatic rings. The van der Waals surface area contributed by atoms with Gasteiger partial charge in [-0.3, -0.25) is 9.48 Å². The van der Waals surface area contributed by atoms with Gasteiger partial charge in [0.1, 0.15) is 5.69 Å². The summed E-state index contributed by atoms with van der Waals surface area (Å²) in [5, 5.41) is 3.94. The van der Waals surface area contributed by atoms with Crippen LogP contribution in [0.25, 0.3) is 0 Å². The highest BCUT2D eigenvalue weighted by Crippen LogP contribution is 2.01. The van der Waals surface area contributed by atoms with E-state index in [2.05, 4.69) is 12.0 Å². The Balaban J connectivity index is 2.51. The highest BCUT2D eigenvalue weighted by Gasteiger charge is 2.04. The maximum Gasteiger partial charge on any atom is 0.203 e. The minimum absolute atomic E-state index is 0.0288. The first-order valence-corrected chi connectivity index (χ1v) is 4.94. The van der Waals surface area contributed by atoms with E-state index in [1.54, 1.807) is 30.1 Å². The van der Waals surface area contributed by atoms with Gasteiger partial charge in [-0.15, -0.1) is 0 Å². The van der Waals surface area contributed by atoms with E-state index in [-0.39, 0.29) is 5.78 Å². The summed E-state index contributed by atoms with van der Waals surface area (Å²) >= 11 is 0. The lowest BCUT2D eigenvalue weighted by Crippen LogP contribution is -2.03. The largest absolute Gasteiger partial charge is 0.288 e. The fourth-order valence-corrected chi connectivity index (χ4v) is 1.21. The van der Waals surface area contributed by atoms with Crippen LogP contribution in [0.1, 0.15) is 36.7 Å². The van der Waals surface area contributed by atoms with Crippen LogP contribution >= 0.6 is 0 Å². The Morgan fingerprint density at radius 2 is 2.43 bits per heavy atom. The topological polar surface area (TPSA) is 34.9 Å². The van der Waals surface area contributed by atoms with Gasteiger partial charge in [-0.1, -0.05) is 25.8 Å². The summed E-state index contributed by atoms with van der Waals surface area (Å²) in [7, 11) is 1.77. The zero-order chi connectivity index (χ0) is 10.4. The average Bonchev–Trinajstić information content (AvgIpc) is 2.59. The molecule has 0 unspecified atom stereocenters. The molecule has 0 spiro atoms. The van der Waals surface area contributed by atoms with Gasteiger partial charge < -0.3 is 0 Å². The lowest BCUT2D eigenvalue weighted by atomic mass is 10.2. The Bertz CT molecular complexity index is 326. The fraction of sp³-hybridized carbons (Fsp3) is 0.455. The molecular weight excluding hydrogens is 176 g/mol. The Morgan fingerprint density at radius 3 is 3.00 bits per heavy atom. The summed E-state index contributed by atoms with van der Waals surface area (Å²) in [5.41, 5.74) is 0.637. The molecule has 1 aromatic rings. The van der Waals surface area contributed by atoms with E-state index in [4.69, 9.17) is 0 Å². The molecule has 0 aliphatic heterocycles. The molecule has 0 saturated carbocycles. The smallest absolute Gasteiger partial charge is 0.203 e. The van der Waals surface area contributed by atoms with Crippen LogP contribution in [0, 0.1) is 0 Å². The van der Waals surface area contributed by atoms with Gasteiger partial charge in [-0.05, 0) is 18.6 Å². The molecule has 0 saturated heterocycles. The molecule has 0 N–H and O–H groups in total. The van der Waals surface area contributed by atoms with Crippen LogP contribution in [0.15, 0.2) is 24.4 Å². The van der Waals surface area contributed by atoms with Gasteiger partial charge in [0.05, 0.1) is 0 Å². The molecule has 1 aromatic heterocycles. The van der Waals surface area contributed by atoms with Crippen LogP contribution in [-0.4, -0.2) is 15.6 Å². The van der Waals surface area contributed by atoms with E-state index in [9.17, 15) is 4.79 Å². The summed E-state index contributed by atoms with van der Waals surface area (Å²) in [6.07, 6.45) is 8.46. The van der Waals surface area contributed by atoms with Gasteiger partial charge >= 0.3 is 0 Å². The maximum absolute atomic E-state index is 11.5. The molecular formula is C11H16N2O. The first-order valence-electron chi connectivity index (χ1n) is 4.94. The van der Waals surface area contributed by atoms with Crippen LogP contribution in [0.5, 0.6) is 0 Å². The molecule has 1 rings (SSSR count). The first-order chi connectivity index (χ1) is 6.75. The molecule has 0 aliphatic carbocycles. The van der Waals surface area contributed by atoms with Crippen molar-refractivity contribution < 1.29 is 4.79 Å². The third-order valence-electron chi connectivity index (χ3n) is 2.07. The lowest BCUT2D eigenvalue weighted by molar-refractivity contribution is 0.103. The van der Waals surface area contributed by atoms with Gasteiger partial charge in [0.15, 0.2) is 0 Å². The third kappa shape index (κ3) is 2.83. The SMILES string of the molecule is CCCC/C=C/C(=O)c1ccnn1C. The number of aryl methyl sites for hydroxylation is 1. The van der Waals surface area contributed by atoms with Crippen LogP contribution in [-0.2, 0) is 7.05 Å². The van der Waals surface area contributed by atoms with Crippen molar-refractivity contribution in [1.29, 1.82) is 0 Å². The minimum atomic E-state index is 0.0288. The maximum atomic E-state index is 11.5. The second-order valence-electron chi connectivity index (χ2n) is 3.25. The number of aromatic nitrogens is 2. The van der Waals surface area contributed by atoms with Crippen molar-refractivity contribution in [3.05, 3.63) is 30.1 Å². The molecule has 0 atom stereocenters. The molecule has 3 heteroatoms. The number of carbonyl (C=O) groups excluding carboxylic acids is 1. The third-order valence-corrected chi connectivity index (χ3v) is 2.07. The molecule has 76 valence electrons. The number of carbonyl (C=O) groups is 1. The van der Waals surface area contributed by atoms with Crippen molar-refractivity contribution in [1.82, 2.24) is 9.78 Å². The molecule has 3 nitrogen and oxygen atoms in total. The Kier molecular flexibility index (Phi) is 4.11. The number of ketones is 1. The summed E-state index contributed by atoms with van der Waals surface area (Å²) in [4.78, 5) is 11.5. The number of nitrogens with zero attached hydrogens (tertiary/aromatic N) is 2. The van der Waals surface area contributed by atoms with Crippen LogP contribution < -0.4 is 0 Å². The zero-order valence-corrected chi connectivity index (χ0v) is 8.73. The van der Waals surface area contributed by atoms with Crippen LogP contribution in [0.3, 0.4) is 0 Å². The van der Waals surface area contributed by atoms with Crippen molar-refractivity contribution in [2.45, 2.75) is 26.2 Å². The number of hydrogen-bond acceptors (Lipinski definition) is 2. The summed E-state index contributed by atoms with van der Waals surface area (Å²) in [6.45, 7) is 2.14. The van der Waals surface area contributed by atoms with E-state index in [0.717, 1.165) is 19.3 Å². The van der Waals surface area contributed by atoms with E-state index in [0.29, 0.717) is 5.69 Å². The number of allylic oxidation sites excluding steroid dienone is 2. The summed E-state index contributed by atoms with van der Waals surface area (Å²) in [6, 6.07) is 1.73. The second-order valence-corrected chi connectivity index (χ2v) is 3.25. The number of hydrogen-bond donors (Lipinski definition) is 0. The Labute approximate surface area is 84.4 Å². The predicted molar refractivity (Wildman–Crippen MR) is 56.2 cm³/mol. The van der Waals surface area contributed by atoms with Gasteiger partial charge in [-0.25, -0.2) is 0 Å². The second kappa shape index (κ2) is 5.37. The van der Waals surface area contributed by atoms with Crippen LogP contribution in [0.4, 0.5) is 0 Å². The van der Waals surface area contributed by atoms with Crippen LogP contribution in [0.2, 0.25) is 0 Å². The lowest BCUT2D eigenvalue weighted by Gasteiger charge is -1.95. The molecule has 0 amide bonds. The first kappa shape index (κ1) is 10.7. The van der Waals surface area contributed by atoms with Gasteiger partial charge in [0.2, 0.25) is 5.78 Å². The average molecular weight is 192 g/mol. The summed E-state index contributed by atoms with van der Waals surface area (Å²) in [5.74, 6) is 0.0288.